The molecule has 0 aromatic heterocycles. The quantitative estimate of drug-likeness (QED) is 0.707. The number of rotatable bonds is 5. The lowest BCUT2D eigenvalue weighted by atomic mass is 10.1. The Kier molecular flexibility index (Phi) is 13.4. The molecule has 0 fully saturated rings. The first kappa shape index (κ1) is 19.8. The lowest BCUT2D eigenvalue weighted by molar-refractivity contribution is 0.112. The van der Waals surface area contributed by atoms with Gasteiger partial charge in [0.15, 0.2) is 6.29 Å². The lowest BCUT2D eigenvalue weighted by Gasteiger charge is -2.21. The minimum atomic E-state index is 0.699. The molecule has 108 valence electrons. The molecule has 0 unspecified atom stereocenters. The minimum absolute atomic E-state index is 0.699. The summed E-state index contributed by atoms with van der Waals surface area (Å²) in [7, 11) is 1.99. The Labute approximate surface area is 119 Å². The molecule has 2 heteroatoms. The third kappa shape index (κ3) is 6.80. The van der Waals surface area contributed by atoms with Gasteiger partial charge in [-0.1, -0.05) is 65.5 Å². The van der Waals surface area contributed by atoms with Crippen molar-refractivity contribution in [1.82, 2.24) is 4.90 Å². The van der Waals surface area contributed by atoms with E-state index in [1.54, 1.807) is 0 Å². The molecular weight excluding hydrogens is 234 g/mol. The van der Waals surface area contributed by atoms with Crippen molar-refractivity contribution in [3.8, 4) is 0 Å². The molecule has 1 aromatic rings. The maximum absolute atomic E-state index is 10.9. The van der Waals surface area contributed by atoms with E-state index in [1.807, 2.05) is 59.0 Å². The number of aldehydes is 1. The average molecular weight is 263 g/mol. The van der Waals surface area contributed by atoms with Crippen molar-refractivity contribution in [3.05, 3.63) is 42.0 Å². The summed E-state index contributed by atoms with van der Waals surface area (Å²) in [4.78, 5) is 12.9. The number of carbonyl (C=O) groups excluding carboxylic acids is 1. The molecule has 0 saturated carbocycles. The highest BCUT2D eigenvalue weighted by molar-refractivity contribution is 5.84. The van der Waals surface area contributed by atoms with Crippen LogP contribution in [0, 0.1) is 0 Å². The largest absolute Gasteiger partial charge is 0.375 e. The molecule has 0 atom stereocenters. The summed E-state index contributed by atoms with van der Waals surface area (Å²) in [5, 5.41) is 0. The third-order valence-corrected chi connectivity index (χ3v) is 2.42. The summed E-state index contributed by atoms with van der Waals surface area (Å²) in [6, 6.07) is 7.53. The Bertz CT molecular complexity index is 358. The predicted molar refractivity (Wildman–Crippen MR) is 86.5 cm³/mol. The first-order chi connectivity index (χ1) is 9.20. The van der Waals surface area contributed by atoms with E-state index >= 15 is 0 Å². The molecule has 0 N–H and O–H groups in total. The van der Waals surface area contributed by atoms with Gasteiger partial charge in [-0.3, -0.25) is 4.79 Å². The summed E-state index contributed by atoms with van der Waals surface area (Å²) in [5.74, 6) is 0. The Morgan fingerprint density at radius 1 is 1.21 bits per heavy atom. The van der Waals surface area contributed by atoms with Gasteiger partial charge in [0.05, 0.1) is 0 Å². The smallest absolute Gasteiger partial charge is 0.150 e. The zero-order valence-corrected chi connectivity index (χ0v) is 13.4. The molecule has 2 nitrogen and oxygen atoms in total. The van der Waals surface area contributed by atoms with E-state index in [2.05, 4.69) is 18.4 Å². The van der Waals surface area contributed by atoms with Gasteiger partial charge in [0.2, 0.25) is 0 Å². The van der Waals surface area contributed by atoms with Crippen LogP contribution in [-0.2, 0) is 0 Å². The molecule has 0 radical (unpaired) electrons. The van der Waals surface area contributed by atoms with Gasteiger partial charge < -0.3 is 4.90 Å². The molecule has 0 heterocycles. The van der Waals surface area contributed by atoms with Crippen molar-refractivity contribution < 1.29 is 4.79 Å². The number of benzene rings is 1. The van der Waals surface area contributed by atoms with Crippen LogP contribution in [0.2, 0.25) is 0 Å². The zero-order chi connectivity index (χ0) is 15.3. The second-order valence-corrected chi connectivity index (χ2v) is 3.57. The van der Waals surface area contributed by atoms with Gasteiger partial charge in [-0.15, -0.1) is 0 Å². The van der Waals surface area contributed by atoms with Crippen molar-refractivity contribution in [2.45, 2.75) is 41.0 Å². The molecule has 0 aliphatic carbocycles. The van der Waals surface area contributed by atoms with Crippen molar-refractivity contribution >= 4 is 12.0 Å². The minimum Gasteiger partial charge on any atom is -0.375 e. The summed E-state index contributed by atoms with van der Waals surface area (Å²) in [5.41, 5.74) is 2.52. The summed E-state index contributed by atoms with van der Waals surface area (Å²) in [6.45, 7) is 15.1. The van der Waals surface area contributed by atoms with E-state index in [4.69, 9.17) is 0 Å². The van der Waals surface area contributed by atoms with Crippen LogP contribution in [0.1, 0.15) is 57.0 Å². The fraction of sp³-hybridized carbons (Fsp3) is 0.471. The first-order valence-corrected chi connectivity index (χ1v) is 7.15. The molecule has 0 aliphatic heterocycles. The maximum atomic E-state index is 10.9. The Balaban J connectivity index is 0. The summed E-state index contributed by atoms with van der Waals surface area (Å²) >= 11 is 0. The first-order valence-electron chi connectivity index (χ1n) is 7.15. The van der Waals surface area contributed by atoms with Crippen LogP contribution in [0.4, 0.5) is 0 Å². The molecule has 1 rings (SSSR count). The summed E-state index contributed by atoms with van der Waals surface area (Å²) < 4.78 is 0. The van der Waals surface area contributed by atoms with Crippen LogP contribution in [0.15, 0.2) is 30.8 Å². The monoisotopic (exact) mass is 263 g/mol. The highest BCUT2D eigenvalue weighted by Crippen LogP contribution is 2.19. The Morgan fingerprint density at radius 3 is 2.21 bits per heavy atom. The molecule has 0 aliphatic rings. The zero-order valence-electron chi connectivity index (χ0n) is 13.4. The van der Waals surface area contributed by atoms with Crippen molar-refractivity contribution in [2.75, 3.05) is 13.6 Å². The van der Waals surface area contributed by atoms with Crippen LogP contribution >= 0.6 is 0 Å². The SMILES string of the molecule is C=C(c1ccccc1C=O)N(C)CCC.CC.CC. The second-order valence-electron chi connectivity index (χ2n) is 3.57. The number of nitrogens with zero attached hydrogens (tertiary/aromatic N) is 1. The molecule has 0 spiro atoms. The predicted octanol–water partition coefficient (Wildman–Crippen LogP) is 4.86. The van der Waals surface area contributed by atoms with Gasteiger partial charge in [-0.2, -0.15) is 0 Å². The molecular formula is C17H29NO. The van der Waals surface area contributed by atoms with Gasteiger partial charge in [0.1, 0.15) is 0 Å². The number of hydrogen-bond acceptors (Lipinski definition) is 2. The highest BCUT2D eigenvalue weighted by Gasteiger charge is 2.07. The van der Waals surface area contributed by atoms with Crippen molar-refractivity contribution in [2.24, 2.45) is 0 Å². The Morgan fingerprint density at radius 2 is 1.74 bits per heavy atom. The van der Waals surface area contributed by atoms with E-state index in [9.17, 15) is 4.79 Å². The third-order valence-electron chi connectivity index (χ3n) is 2.42. The maximum Gasteiger partial charge on any atom is 0.150 e. The van der Waals surface area contributed by atoms with E-state index in [1.165, 1.54) is 0 Å². The van der Waals surface area contributed by atoms with Crippen LogP contribution in [0.5, 0.6) is 0 Å². The molecule has 0 saturated heterocycles. The lowest BCUT2D eigenvalue weighted by Crippen LogP contribution is -2.17. The molecule has 0 amide bonds. The van der Waals surface area contributed by atoms with E-state index in [0.29, 0.717) is 5.56 Å². The topological polar surface area (TPSA) is 20.3 Å². The van der Waals surface area contributed by atoms with Crippen molar-refractivity contribution in [1.29, 1.82) is 0 Å². The van der Waals surface area contributed by atoms with Gasteiger partial charge in [0.25, 0.3) is 0 Å². The number of hydrogen-bond donors (Lipinski definition) is 0. The van der Waals surface area contributed by atoms with Gasteiger partial charge in [-0.25, -0.2) is 0 Å². The van der Waals surface area contributed by atoms with Crippen LogP contribution in [-0.4, -0.2) is 24.8 Å². The van der Waals surface area contributed by atoms with Gasteiger partial charge in [-0.05, 0) is 6.42 Å². The van der Waals surface area contributed by atoms with E-state index in [-0.39, 0.29) is 0 Å². The van der Waals surface area contributed by atoms with E-state index in [0.717, 1.165) is 30.5 Å². The second kappa shape index (κ2) is 12.9. The summed E-state index contributed by atoms with van der Waals surface area (Å²) in [6.07, 6.45) is 1.94. The molecule has 19 heavy (non-hydrogen) atoms. The Hall–Kier alpha value is -1.57. The highest BCUT2D eigenvalue weighted by atomic mass is 16.1. The van der Waals surface area contributed by atoms with Crippen molar-refractivity contribution in [3.63, 3.8) is 0 Å². The molecule has 0 bridgehead atoms. The van der Waals surface area contributed by atoms with Gasteiger partial charge >= 0.3 is 0 Å². The standard InChI is InChI=1S/C13H17NO.2C2H6/c1-4-9-14(3)11(2)13-8-6-5-7-12(13)10-15;2*1-2/h5-8,10H,2,4,9H2,1,3H3;2*1-2H3. The van der Waals surface area contributed by atoms with Gasteiger partial charge in [0, 0.05) is 30.4 Å². The fourth-order valence-corrected chi connectivity index (χ4v) is 1.54. The van der Waals surface area contributed by atoms with Crippen LogP contribution < -0.4 is 0 Å². The van der Waals surface area contributed by atoms with Crippen LogP contribution in [0.25, 0.3) is 5.70 Å². The van der Waals surface area contributed by atoms with Crippen LogP contribution in [0.3, 0.4) is 0 Å². The average Bonchev–Trinajstić information content (AvgIpc) is 2.50. The molecule has 1 aromatic carbocycles. The fourth-order valence-electron chi connectivity index (χ4n) is 1.54. The van der Waals surface area contributed by atoms with E-state index < -0.39 is 0 Å². The number of carbonyl (C=O) groups is 1. The normalized spacial score (nSPS) is 8.32.